The molecule has 1 aromatic heterocycles. The molecule has 2 heterocycles. The fraction of sp³-hybridized carbons (Fsp3) is 0.500. The molecule has 1 aromatic carbocycles. The summed E-state index contributed by atoms with van der Waals surface area (Å²) >= 11 is 1.81. The van der Waals surface area contributed by atoms with Crippen LogP contribution in [0.25, 0.3) is 0 Å². The molecule has 0 saturated carbocycles. The van der Waals surface area contributed by atoms with E-state index in [9.17, 15) is 14.7 Å². The maximum Gasteiger partial charge on any atom is 0.323 e. The number of carbonyl (C=O) groups excluding carboxylic acids is 1. The molecule has 0 spiro atoms. The number of hydrogen-bond acceptors (Lipinski definition) is 4. The number of ketones is 1. The molecule has 162 valence electrons. The van der Waals surface area contributed by atoms with Crippen LogP contribution in [0.2, 0.25) is 0 Å². The van der Waals surface area contributed by atoms with E-state index in [1.54, 1.807) is 11.9 Å². The standard InChI is InChI=1S/C22H26N2O3S.C2H6/c1-15-17(22-18(8-6-9-19(22)25)24(15)14-21(26)27)13-16-7-2-3-10-20(16)28-23-11-4-5-12-23;1-2/h2-3,7,10H,4-6,8-9,11-14H2,1H3,(H,26,27);1-2H3. The van der Waals surface area contributed by atoms with Gasteiger partial charge in [0.1, 0.15) is 6.54 Å². The Morgan fingerprint density at radius 1 is 1.10 bits per heavy atom. The predicted molar refractivity (Wildman–Crippen MR) is 121 cm³/mol. The third kappa shape index (κ3) is 4.81. The largest absolute Gasteiger partial charge is 0.480 e. The van der Waals surface area contributed by atoms with E-state index in [1.807, 2.05) is 31.4 Å². The Morgan fingerprint density at radius 2 is 1.80 bits per heavy atom. The van der Waals surface area contributed by atoms with Crippen molar-refractivity contribution in [1.82, 2.24) is 8.87 Å². The van der Waals surface area contributed by atoms with Crippen LogP contribution in [0.1, 0.15) is 72.4 Å². The van der Waals surface area contributed by atoms with Gasteiger partial charge in [-0.1, -0.05) is 32.0 Å². The number of aliphatic carboxylic acids is 1. The number of hydrogen-bond donors (Lipinski definition) is 1. The molecule has 2 aromatic rings. The summed E-state index contributed by atoms with van der Waals surface area (Å²) in [6.45, 7) is 8.10. The van der Waals surface area contributed by atoms with Crippen LogP contribution in [0.5, 0.6) is 0 Å². The van der Waals surface area contributed by atoms with Gasteiger partial charge in [-0.15, -0.1) is 0 Å². The first-order valence-corrected chi connectivity index (χ1v) is 11.8. The van der Waals surface area contributed by atoms with Crippen LogP contribution in [0.4, 0.5) is 0 Å². The van der Waals surface area contributed by atoms with Gasteiger partial charge in [0.2, 0.25) is 0 Å². The minimum atomic E-state index is -0.865. The number of carboxylic acids is 1. The van der Waals surface area contributed by atoms with Crippen molar-refractivity contribution < 1.29 is 14.7 Å². The van der Waals surface area contributed by atoms with Crippen molar-refractivity contribution in [2.24, 2.45) is 0 Å². The van der Waals surface area contributed by atoms with Crippen molar-refractivity contribution in [2.75, 3.05) is 13.1 Å². The van der Waals surface area contributed by atoms with Crippen LogP contribution in [0.15, 0.2) is 29.2 Å². The van der Waals surface area contributed by atoms with Crippen LogP contribution in [-0.4, -0.2) is 38.8 Å². The molecule has 2 aliphatic rings. The number of rotatable bonds is 6. The molecule has 1 N–H and O–H groups in total. The second-order valence-electron chi connectivity index (χ2n) is 7.65. The first-order chi connectivity index (χ1) is 14.5. The molecule has 6 heteroatoms. The van der Waals surface area contributed by atoms with Gasteiger partial charge < -0.3 is 9.67 Å². The van der Waals surface area contributed by atoms with Crippen LogP contribution >= 0.6 is 11.9 Å². The van der Waals surface area contributed by atoms with Crippen molar-refractivity contribution >= 4 is 23.7 Å². The molecule has 0 unspecified atom stereocenters. The van der Waals surface area contributed by atoms with Gasteiger partial charge in [-0.3, -0.25) is 9.59 Å². The van der Waals surface area contributed by atoms with E-state index in [0.29, 0.717) is 12.8 Å². The van der Waals surface area contributed by atoms with Gasteiger partial charge in [-0.2, -0.15) is 0 Å². The zero-order valence-electron chi connectivity index (χ0n) is 18.2. The molecule has 5 nitrogen and oxygen atoms in total. The summed E-state index contributed by atoms with van der Waals surface area (Å²) in [5.74, 6) is -0.705. The second-order valence-corrected chi connectivity index (χ2v) is 8.79. The predicted octanol–water partition coefficient (Wildman–Crippen LogP) is 5.12. The van der Waals surface area contributed by atoms with E-state index >= 15 is 0 Å². The van der Waals surface area contributed by atoms with Crippen molar-refractivity contribution in [2.45, 2.75) is 70.7 Å². The summed E-state index contributed by atoms with van der Waals surface area (Å²) in [4.78, 5) is 25.4. The monoisotopic (exact) mass is 428 g/mol. The lowest BCUT2D eigenvalue weighted by Gasteiger charge is -2.17. The molecule has 0 atom stereocenters. The molecule has 1 aliphatic carbocycles. The molecular formula is C24H32N2O3S. The Balaban J connectivity index is 0.00000124. The average molecular weight is 429 g/mol. The van der Waals surface area contributed by atoms with Crippen molar-refractivity contribution in [3.05, 3.63) is 52.3 Å². The highest BCUT2D eigenvalue weighted by molar-refractivity contribution is 7.97. The van der Waals surface area contributed by atoms with E-state index in [1.165, 1.54) is 23.3 Å². The number of fused-ring (bicyclic) bond motifs is 1. The highest BCUT2D eigenvalue weighted by Gasteiger charge is 2.29. The summed E-state index contributed by atoms with van der Waals surface area (Å²) < 4.78 is 4.25. The van der Waals surface area contributed by atoms with Gasteiger partial charge in [-0.05, 0) is 61.7 Å². The molecule has 1 fully saturated rings. The Morgan fingerprint density at radius 3 is 2.50 bits per heavy atom. The van der Waals surface area contributed by atoms with E-state index < -0.39 is 5.97 Å². The minimum absolute atomic E-state index is 0.0778. The molecule has 0 bridgehead atoms. The minimum Gasteiger partial charge on any atom is -0.480 e. The number of nitrogens with zero attached hydrogens (tertiary/aromatic N) is 2. The van der Waals surface area contributed by atoms with E-state index in [4.69, 9.17) is 0 Å². The van der Waals surface area contributed by atoms with E-state index in [-0.39, 0.29) is 12.3 Å². The van der Waals surface area contributed by atoms with Gasteiger partial charge in [-0.25, -0.2) is 4.31 Å². The number of benzene rings is 1. The Labute approximate surface area is 183 Å². The molecule has 1 aliphatic heterocycles. The number of Topliss-reactive ketones (excluding diaryl/α,β-unsaturated/α-hetero) is 1. The average Bonchev–Trinajstić information content (AvgIpc) is 3.34. The lowest BCUT2D eigenvalue weighted by atomic mass is 9.90. The summed E-state index contributed by atoms with van der Waals surface area (Å²) in [5, 5.41) is 9.35. The van der Waals surface area contributed by atoms with Gasteiger partial charge in [0.05, 0.1) is 0 Å². The smallest absolute Gasteiger partial charge is 0.323 e. The molecule has 30 heavy (non-hydrogen) atoms. The highest BCUT2D eigenvalue weighted by Crippen LogP contribution is 2.35. The lowest BCUT2D eigenvalue weighted by molar-refractivity contribution is -0.137. The quantitative estimate of drug-likeness (QED) is 0.647. The Bertz CT molecular complexity index is 913. The van der Waals surface area contributed by atoms with Crippen molar-refractivity contribution in [3.8, 4) is 0 Å². The summed E-state index contributed by atoms with van der Waals surface area (Å²) in [7, 11) is 0. The fourth-order valence-corrected chi connectivity index (χ4v) is 5.52. The molecule has 4 rings (SSSR count). The van der Waals surface area contributed by atoms with Gasteiger partial charge in [0.15, 0.2) is 5.78 Å². The molecule has 0 radical (unpaired) electrons. The van der Waals surface area contributed by atoms with Gasteiger partial charge >= 0.3 is 5.97 Å². The number of aromatic nitrogens is 1. The topological polar surface area (TPSA) is 62.5 Å². The van der Waals surface area contributed by atoms with E-state index in [0.717, 1.165) is 48.4 Å². The molecule has 1 saturated heterocycles. The first-order valence-electron chi connectivity index (χ1n) is 11.0. The van der Waals surface area contributed by atoms with Crippen LogP contribution in [-0.2, 0) is 24.2 Å². The van der Waals surface area contributed by atoms with Crippen LogP contribution < -0.4 is 0 Å². The zero-order chi connectivity index (χ0) is 21.7. The van der Waals surface area contributed by atoms with E-state index in [2.05, 4.69) is 22.5 Å². The lowest BCUT2D eigenvalue weighted by Crippen LogP contribution is -2.17. The van der Waals surface area contributed by atoms with Crippen LogP contribution in [0.3, 0.4) is 0 Å². The van der Waals surface area contributed by atoms with Gasteiger partial charge in [0, 0.05) is 47.8 Å². The molecular weight excluding hydrogens is 396 g/mol. The SMILES string of the molecule is CC.Cc1c(Cc2ccccc2SN2CCCC2)c2c(n1CC(=O)O)CCCC2=O. The third-order valence-electron chi connectivity index (χ3n) is 5.78. The fourth-order valence-electron chi connectivity index (χ4n) is 4.40. The zero-order valence-corrected chi connectivity index (χ0v) is 19.1. The Hall–Kier alpha value is -2.05. The normalized spacial score (nSPS) is 16.2. The number of carboxylic acid groups (broad SMARTS) is 1. The van der Waals surface area contributed by atoms with Crippen molar-refractivity contribution in [3.63, 3.8) is 0 Å². The van der Waals surface area contributed by atoms with Gasteiger partial charge in [0.25, 0.3) is 0 Å². The first kappa shape index (κ1) is 22.6. The summed E-state index contributed by atoms with van der Waals surface area (Å²) in [6, 6.07) is 8.38. The second kappa shape index (κ2) is 10.3. The van der Waals surface area contributed by atoms with Crippen molar-refractivity contribution in [1.29, 1.82) is 0 Å². The Kier molecular flexibility index (Phi) is 7.78. The summed E-state index contributed by atoms with van der Waals surface area (Å²) in [6.07, 6.45) is 5.29. The maximum atomic E-state index is 12.7. The van der Waals surface area contributed by atoms with Crippen LogP contribution in [0, 0.1) is 6.92 Å². The number of carbonyl (C=O) groups is 2. The highest BCUT2D eigenvalue weighted by atomic mass is 32.2. The third-order valence-corrected chi connectivity index (χ3v) is 7.00. The maximum absolute atomic E-state index is 12.7. The summed E-state index contributed by atoms with van der Waals surface area (Å²) in [5.41, 5.74) is 4.83. The molecule has 0 amide bonds.